The first-order valence-corrected chi connectivity index (χ1v) is 6.84. The molecule has 1 rings (SSSR count). The lowest BCUT2D eigenvalue weighted by Gasteiger charge is -2.26. The standard InChI is InChI=1S/C15H24N2O2/c1-4-10-19-14-7-5-6-13(11-14)15(18)17(9-8-16)12(2)3/h5-7,11-12H,4,8-10,16H2,1-3H3. The summed E-state index contributed by atoms with van der Waals surface area (Å²) in [5, 5.41) is 0. The van der Waals surface area contributed by atoms with Crippen LogP contribution in [0.3, 0.4) is 0 Å². The normalized spacial score (nSPS) is 10.6. The summed E-state index contributed by atoms with van der Waals surface area (Å²) in [6.45, 7) is 7.73. The van der Waals surface area contributed by atoms with Gasteiger partial charge in [-0.05, 0) is 38.5 Å². The van der Waals surface area contributed by atoms with Gasteiger partial charge < -0.3 is 15.4 Å². The lowest BCUT2D eigenvalue weighted by Crippen LogP contribution is -2.40. The maximum absolute atomic E-state index is 12.4. The predicted molar refractivity (Wildman–Crippen MR) is 77.5 cm³/mol. The van der Waals surface area contributed by atoms with E-state index in [1.165, 1.54) is 0 Å². The Balaban J connectivity index is 2.85. The predicted octanol–water partition coefficient (Wildman–Crippen LogP) is 2.28. The van der Waals surface area contributed by atoms with Gasteiger partial charge in [-0.3, -0.25) is 4.79 Å². The fraction of sp³-hybridized carbons (Fsp3) is 0.533. The highest BCUT2D eigenvalue weighted by Gasteiger charge is 2.18. The van der Waals surface area contributed by atoms with Gasteiger partial charge in [-0.15, -0.1) is 0 Å². The Labute approximate surface area is 115 Å². The van der Waals surface area contributed by atoms with Crippen molar-refractivity contribution >= 4 is 5.91 Å². The molecule has 0 spiro atoms. The van der Waals surface area contributed by atoms with Crippen molar-refractivity contribution in [2.45, 2.75) is 33.2 Å². The number of benzene rings is 1. The molecule has 4 nitrogen and oxygen atoms in total. The molecule has 0 radical (unpaired) electrons. The number of hydrogen-bond acceptors (Lipinski definition) is 3. The van der Waals surface area contributed by atoms with Crippen LogP contribution in [0, 0.1) is 0 Å². The Morgan fingerprint density at radius 1 is 1.42 bits per heavy atom. The summed E-state index contributed by atoms with van der Waals surface area (Å²) in [6, 6.07) is 7.46. The molecule has 0 atom stereocenters. The smallest absolute Gasteiger partial charge is 0.254 e. The molecule has 19 heavy (non-hydrogen) atoms. The van der Waals surface area contributed by atoms with Crippen LogP contribution in [-0.4, -0.2) is 36.5 Å². The van der Waals surface area contributed by atoms with Gasteiger partial charge in [-0.25, -0.2) is 0 Å². The SMILES string of the molecule is CCCOc1cccc(C(=O)N(CCN)C(C)C)c1. The number of carbonyl (C=O) groups excluding carboxylic acids is 1. The molecule has 0 aromatic heterocycles. The highest BCUT2D eigenvalue weighted by atomic mass is 16.5. The molecule has 1 aromatic carbocycles. The molecular weight excluding hydrogens is 240 g/mol. The lowest BCUT2D eigenvalue weighted by molar-refractivity contribution is 0.0711. The van der Waals surface area contributed by atoms with E-state index in [0.717, 1.165) is 12.2 Å². The maximum Gasteiger partial charge on any atom is 0.254 e. The van der Waals surface area contributed by atoms with Gasteiger partial charge >= 0.3 is 0 Å². The van der Waals surface area contributed by atoms with Crippen LogP contribution in [0.2, 0.25) is 0 Å². The quantitative estimate of drug-likeness (QED) is 0.822. The van der Waals surface area contributed by atoms with Crippen molar-refractivity contribution in [3.05, 3.63) is 29.8 Å². The summed E-state index contributed by atoms with van der Waals surface area (Å²) < 4.78 is 5.55. The zero-order valence-electron chi connectivity index (χ0n) is 12.1. The van der Waals surface area contributed by atoms with Crippen LogP contribution in [0.5, 0.6) is 5.75 Å². The lowest BCUT2D eigenvalue weighted by atomic mass is 10.1. The molecule has 0 aliphatic rings. The Morgan fingerprint density at radius 2 is 2.16 bits per heavy atom. The van der Waals surface area contributed by atoms with Gasteiger partial charge in [-0.1, -0.05) is 13.0 Å². The first kappa shape index (κ1) is 15.5. The molecule has 0 aliphatic carbocycles. The molecule has 0 unspecified atom stereocenters. The van der Waals surface area contributed by atoms with Crippen molar-refractivity contribution in [3.8, 4) is 5.75 Å². The number of nitrogens with two attached hydrogens (primary N) is 1. The second-order valence-electron chi connectivity index (χ2n) is 4.76. The first-order chi connectivity index (χ1) is 9.10. The third kappa shape index (κ3) is 4.56. The van der Waals surface area contributed by atoms with Crippen molar-refractivity contribution in [3.63, 3.8) is 0 Å². The van der Waals surface area contributed by atoms with Crippen molar-refractivity contribution in [1.82, 2.24) is 4.90 Å². The van der Waals surface area contributed by atoms with E-state index in [0.29, 0.717) is 25.3 Å². The van der Waals surface area contributed by atoms with Crippen LogP contribution in [0.1, 0.15) is 37.6 Å². The molecular formula is C15H24N2O2. The zero-order valence-corrected chi connectivity index (χ0v) is 12.1. The zero-order chi connectivity index (χ0) is 14.3. The number of nitrogens with zero attached hydrogens (tertiary/aromatic N) is 1. The molecule has 106 valence electrons. The third-order valence-corrected chi connectivity index (χ3v) is 2.81. The molecule has 1 aromatic rings. The molecule has 4 heteroatoms. The fourth-order valence-corrected chi connectivity index (χ4v) is 1.84. The van der Waals surface area contributed by atoms with E-state index in [-0.39, 0.29) is 11.9 Å². The molecule has 1 amide bonds. The van der Waals surface area contributed by atoms with E-state index in [1.807, 2.05) is 32.0 Å². The second-order valence-corrected chi connectivity index (χ2v) is 4.76. The highest BCUT2D eigenvalue weighted by Crippen LogP contribution is 2.16. The monoisotopic (exact) mass is 264 g/mol. The van der Waals surface area contributed by atoms with Gasteiger partial charge in [0, 0.05) is 24.7 Å². The van der Waals surface area contributed by atoms with Gasteiger partial charge in [0.05, 0.1) is 6.61 Å². The van der Waals surface area contributed by atoms with E-state index in [2.05, 4.69) is 6.92 Å². The highest BCUT2D eigenvalue weighted by molar-refractivity contribution is 5.94. The first-order valence-electron chi connectivity index (χ1n) is 6.84. The number of ether oxygens (including phenoxy) is 1. The molecule has 0 bridgehead atoms. The third-order valence-electron chi connectivity index (χ3n) is 2.81. The fourth-order valence-electron chi connectivity index (χ4n) is 1.84. The van der Waals surface area contributed by atoms with E-state index < -0.39 is 0 Å². The summed E-state index contributed by atoms with van der Waals surface area (Å²) in [5.41, 5.74) is 6.21. The van der Waals surface area contributed by atoms with Crippen LogP contribution in [0.4, 0.5) is 0 Å². The number of amides is 1. The van der Waals surface area contributed by atoms with E-state index in [4.69, 9.17) is 10.5 Å². The van der Waals surface area contributed by atoms with Crippen LogP contribution in [0.25, 0.3) is 0 Å². The maximum atomic E-state index is 12.4. The minimum absolute atomic E-state index is 0.00222. The molecule has 2 N–H and O–H groups in total. The van der Waals surface area contributed by atoms with Crippen LogP contribution < -0.4 is 10.5 Å². The summed E-state index contributed by atoms with van der Waals surface area (Å²) in [7, 11) is 0. The van der Waals surface area contributed by atoms with Gasteiger partial charge in [0.1, 0.15) is 5.75 Å². The Morgan fingerprint density at radius 3 is 2.74 bits per heavy atom. The van der Waals surface area contributed by atoms with Gasteiger partial charge in [0.25, 0.3) is 5.91 Å². The summed E-state index contributed by atoms with van der Waals surface area (Å²) in [4.78, 5) is 14.2. The average Bonchev–Trinajstić information content (AvgIpc) is 2.41. The number of hydrogen-bond donors (Lipinski definition) is 1. The topological polar surface area (TPSA) is 55.6 Å². The summed E-state index contributed by atoms with van der Waals surface area (Å²) in [6.07, 6.45) is 0.948. The van der Waals surface area contributed by atoms with Crippen molar-refractivity contribution in [2.75, 3.05) is 19.7 Å². The molecule has 0 fully saturated rings. The minimum Gasteiger partial charge on any atom is -0.494 e. The van der Waals surface area contributed by atoms with Crippen molar-refractivity contribution in [2.24, 2.45) is 5.73 Å². The molecule has 0 heterocycles. The number of carbonyl (C=O) groups is 1. The average molecular weight is 264 g/mol. The van der Waals surface area contributed by atoms with Gasteiger partial charge in [0.15, 0.2) is 0 Å². The second kappa shape index (κ2) is 7.79. The Kier molecular flexibility index (Phi) is 6.36. The van der Waals surface area contributed by atoms with E-state index in [1.54, 1.807) is 11.0 Å². The van der Waals surface area contributed by atoms with E-state index in [9.17, 15) is 4.79 Å². The van der Waals surface area contributed by atoms with E-state index >= 15 is 0 Å². The number of rotatable bonds is 7. The largest absolute Gasteiger partial charge is 0.494 e. The Bertz CT molecular complexity index is 405. The molecule has 0 saturated carbocycles. The van der Waals surface area contributed by atoms with Gasteiger partial charge in [0.2, 0.25) is 0 Å². The minimum atomic E-state index is 0.00222. The van der Waals surface area contributed by atoms with Crippen LogP contribution in [-0.2, 0) is 0 Å². The van der Waals surface area contributed by atoms with Crippen molar-refractivity contribution < 1.29 is 9.53 Å². The molecule has 0 aliphatic heterocycles. The van der Waals surface area contributed by atoms with Crippen LogP contribution in [0.15, 0.2) is 24.3 Å². The Hall–Kier alpha value is -1.55. The van der Waals surface area contributed by atoms with Crippen LogP contribution >= 0.6 is 0 Å². The summed E-state index contributed by atoms with van der Waals surface area (Å²) in [5.74, 6) is 0.742. The van der Waals surface area contributed by atoms with Crippen molar-refractivity contribution in [1.29, 1.82) is 0 Å². The molecule has 0 saturated heterocycles. The summed E-state index contributed by atoms with van der Waals surface area (Å²) >= 11 is 0. The van der Waals surface area contributed by atoms with Gasteiger partial charge in [-0.2, -0.15) is 0 Å².